The number of benzene rings is 2. The van der Waals surface area contributed by atoms with Crippen LogP contribution in [0.4, 0.5) is 5.69 Å². The first-order valence-electron chi connectivity index (χ1n) is 10.0. The maximum absolute atomic E-state index is 13.6. The van der Waals surface area contributed by atoms with E-state index >= 15 is 0 Å². The van der Waals surface area contributed by atoms with Crippen molar-refractivity contribution >= 4 is 34.5 Å². The average molecular weight is 443 g/mol. The maximum atomic E-state index is 13.6. The Morgan fingerprint density at radius 1 is 1.07 bits per heavy atom. The first-order valence-corrected chi connectivity index (χ1v) is 11.2. The van der Waals surface area contributed by atoms with E-state index in [1.165, 1.54) is 11.3 Å². The summed E-state index contributed by atoms with van der Waals surface area (Å²) < 4.78 is 5.64. The largest absolute Gasteiger partial charge is 0.497 e. The highest BCUT2D eigenvalue weighted by Gasteiger charge is 2.26. The minimum absolute atomic E-state index is 0.0924. The van der Waals surface area contributed by atoms with Crippen molar-refractivity contribution in [3.05, 3.63) is 74.7 Å². The Hall–Kier alpha value is -2.37. The molecule has 0 aliphatic rings. The second kappa shape index (κ2) is 9.63. The van der Waals surface area contributed by atoms with Gasteiger partial charge in [-0.05, 0) is 40.7 Å². The molecule has 0 atom stereocenters. The normalized spacial score (nSPS) is 11.2. The Balaban J connectivity index is 2.15. The molecule has 6 heteroatoms. The summed E-state index contributed by atoms with van der Waals surface area (Å²) in [4.78, 5) is 20.1. The van der Waals surface area contributed by atoms with Gasteiger partial charge in [0, 0.05) is 0 Å². The van der Waals surface area contributed by atoms with Gasteiger partial charge < -0.3 is 9.64 Å². The Morgan fingerprint density at radius 3 is 2.13 bits per heavy atom. The van der Waals surface area contributed by atoms with Crippen molar-refractivity contribution in [2.24, 2.45) is 0 Å². The molecule has 0 fully saturated rings. The zero-order valence-electron chi connectivity index (χ0n) is 18.0. The third-order valence-corrected chi connectivity index (χ3v) is 6.15. The number of hydrogen-bond donors (Lipinski definition) is 0. The van der Waals surface area contributed by atoms with Crippen LogP contribution in [0.1, 0.15) is 65.9 Å². The molecule has 0 bridgehead atoms. The monoisotopic (exact) mass is 442 g/mol. The van der Waals surface area contributed by atoms with Gasteiger partial charge >= 0.3 is 0 Å². The molecule has 3 rings (SSSR count). The standard InChI is InChI=1S/C24H27ClN2O2S/c1-15(2)19-7-6-8-20(16(3)4)22(19)27(23(28)21-13-26-24(25)30-21)14-17-9-11-18(29-5)12-10-17/h6-13,15-16H,14H2,1-5H3. The molecule has 3 aromatic rings. The SMILES string of the molecule is COc1ccc(CN(C(=O)c2cnc(Cl)s2)c2c(C(C)C)cccc2C(C)C)cc1. The van der Waals surface area contributed by atoms with Gasteiger partial charge in [-0.25, -0.2) is 4.98 Å². The predicted molar refractivity (Wildman–Crippen MR) is 125 cm³/mol. The maximum Gasteiger partial charge on any atom is 0.270 e. The molecule has 1 amide bonds. The van der Waals surface area contributed by atoms with E-state index in [0.717, 1.165) is 28.1 Å². The van der Waals surface area contributed by atoms with E-state index in [-0.39, 0.29) is 17.7 Å². The summed E-state index contributed by atoms with van der Waals surface area (Å²) in [7, 11) is 1.65. The quantitative estimate of drug-likeness (QED) is 0.399. The fourth-order valence-corrected chi connectivity index (χ4v) is 4.36. The van der Waals surface area contributed by atoms with Crippen LogP contribution in [0.25, 0.3) is 0 Å². The molecule has 0 spiro atoms. The van der Waals surface area contributed by atoms with Crippen molar-refractivity contribution in [1.82, 2.24) is 4.98 Å². The molecular weight excluding hydrogens is 416 g/mol. The number of carbonyl (C=O) groups excluding carboxylic acids is 1. The van der Waals surface area contributed by atoms with Crippen LogP contribution in [0.15, 0.2) is 48.7 Å². The van der Waals surface area contributed by atoms with E-state index in [2.05, 4.69) is 50.9 Å². The first kappa shape index (κ1) is 22.3. The molecule has 0 saturated heterocycles. The van der Waals surface area contributed by atoms with Crippen molar-refractivity contribution in [2.45, 2.75) is 46.1 Å². The molecule has 1 aromatic heterocycles. The van der Waals surface area contributed by atoms with Crippen molar-refractivity contribution < 1.29 is 9.53 Å². The smallest absolute Gasteiger partial charge is 0.270 e. The lowest BCUT2D eigenvalue weighted by molar-refractivity contribution is 0.0988. The minimum Gasteiger partial charge on any atom is -0.497 e. The molecule has 4 nitrogen and oxygen atoms in total. The number of thiazole rings is 1. The van der Waals surface area contributed by atoms with Gasteiger partial charge in [0.2, 0.25) is 0 Å². The summed E-state index contributed by atoms with van der Waals surface area (Å²) in [5.41, 5.74) is 4.30. The van der Waals surface area contributed by atoms with Gasteiger partial charge in [-0.15, -0.1) is 0 Å². The van der Waals surface area contributed by atoms with Crippen LogP contribution in [0, 0.1) is 0 Å². The fourth-order valence-electron chi connectivity index (χ4n) is 3.47. The number of carbonyl (C=O) groups is 1. The molecule has 0 saturated carbocycles. The highest BCUT2D eigenvalue weighted by molar-refractivity contribution is 7.17. The van der Waals surface area contributed by atoms with Gasteiger partial charge in [0.1, 0.15) is 10.6 Å². The molecule has 0 aliphatic heterocycles. The zero-order valence-corrected chi connectivity index (χ0v) is 19.6. The zero-order chi connectivity index (χ0) is 21.8. The number of methoxy groups -OCH3 is 1. The van der Waals surface area contributed by atoms with Crippen LogP contribution in [0.5, 0.6) is 5.75 Å². The summed E-state index contributed by atoms with van der Waals surface area (Å²) in [5.74, 6) is 1.24. The van der Waals surface area contributed by atoms with E-state index in [4.69, 9.17) is 16.3 Å². The summed E-state index contributed by atoms with van der Waals surface area (Å²) in [6.45, 7) is 9.07. The number of hydrogen-bond acceptors (Lipinski definition) is 4. The highest BCUT2D eigenvalue weighted by Crippen LogP contribution is 2.37. The average Bonchev–Trinajstić information content (AvgIpc) is 3.17. The summed E-state index contributed by atoms with van der Waals surface area (Å²) in [6.07, 6.45) is 1.56. The number of rotatable bonds is 7. The van der Waals surface area contributed by atoms with Gasteiger partial charge in [-0.1, -0.05) is 81.0 Å². The van der Waals surface area contributed by atoms with E-state index in [1.54, 1.807) is 13.3 Å². The number of para-hydroxylation sites is 1. The lowest BCUT2D eigenvalue weighted by Crippen LogP contribution is -2.32. The second-order valence-electron chi connectivity index (χ2n) is 7.81. The van der Waals surface area contributed by atoms with E-state index in [1.807, 2.05) is 29.2 Å². The molecule has 1 heterocycles. The van der Waals surface area contributed by atoms with Gasteiger partial charge in [0.15, 0.2) is 4.47 Å². The molecule has 0 N–H and O–H groups in total. The van der Waals surface area contributed by atoms with E-state index in [0.29, 0.717) is 15.9 Å². The number of aromatic nitrogens is 1. The Morgan fingerprint density at radius 2 is 1.67 bits per heavy atom. The lowest BCUT2D eigenvalue weighted by Gasteiger charge is -2.30. The fraction of sp³-hybridized carbons (Fsp3) is 0.333. The Bertz CT molecular complexity index is 986. The first-order chi connectivity index (χ1) is 14.3. The van der Waals surface area contributed by atoms with Crippen LogP contribution in [0.3, 0.4) is 0 Å². The van der Waals surface area contributed by atoms with Gasteiger partial charge in [0.25, 0.3) is 5.91 Å². The van der Waals surface area contributed by atoms with Gasteiger partial charge in [-0.2, -0.15) is 0 Å². The van der Waals surface area contributed by atoms with Gasteiger partial charge in [-0.3, -0.25) is 4.79 Å². The predicted octanol–water partition coefficient (Wildman–Crippen LogP) is 6.90. The van der Waals surface area contributed by atoms with Crippen molar-refractivity contribution in [2.75, 3.05) is 12.0 Å². The molecular formula is C24H27ClN2O2S. The van der Waals surface area contributed by atoms with Crippen LogP contribution in [-0.4, -0.2) is 18.0 Å². The molecule has 0 unspecified atom stereocenters. The third kappa shape index (κ3) is 4.85. The van der Waals surface area contributed by atoms with Crippen LogP contribution >= 0.6 is 22.9 Å². The highest BCUT2D eigenvalue weighted by atomic mass is 35.5. The third-order valence-electron chi connectivity index (χ3n) is 5.05. The van der Waals surface area contributed by atoms with Crippen LogP contribution in [-0.2, 0) is 6.54 Å². The molecule has 0 aliphatic carbocycles. The van der Waals surface area contributed by atoms with Crippen LogP contribution < -0.4 is 9.64 Å². The van der Waals surface area contributed by atoms with Crippen molar-refractivity contribution in [1.29, 1.82) is 0 Å². The minimum atomic E-state index is -0.0924. The van der Waals surface area contributed by atoms with Crippen molar-refractivity contribution in [3.8, 4) is 5.75 Å². The van der Waals surface area contributed by atoms with E-state index in [9.17, 15) is 4.79 Å². The van der Waals surface area contributed by atoms with E-state index < -0.39 is 0 Å². The summed E-state index contributed by atoms with van der Waals surface area (Å²) in [6, 6.07) is 14.1. The number of anilines is 1. The molecule has 30 heavy (non-hydrogen) atoms. The number of amides is 1. The number of ether oxygens (including phenoxy) is 1. The second-order valence-corrected chi connectivity index (χ2v) is 9.42. The summed E-state index contributed by atoms with van der Waals surface area (Å²) >= 11 is 7.24. The number of halogens is 1. The lowest BCUT2D eigenvalue weighted by atomic mass is 9.91. The topological polar surface area (TPSA) is 42.4 Å². The summed E-state index contributed by atoms with van der Waals surface area (Å²) in [5, 5.41) is 0. The van der Waals surface area contributed by atoms with Crippen molar-refractivity contribution in [3.63, 3.8) is 0 Å². The Kier molecular flexibility index (Phi) is 7.16. The molecule has 2 aromatic carbocycles. The van der Waals surface area contributed by atoms with Crippen LogP contribution in [0.2, 0.25) is 4.47 Å². The Labute approximate surface area is 187 Å². The number of nitrogens with zero attached hydrogens (tertiary/aromatic N) is 2. The van der Waals surface area contributed by atoms with Gasteiger partial charge in [0.05, 0.1) is 25.5 Å². The molecule has 0 radical (unpaired) electrons. The molecule has 158 valence electrons.